The number of anilines is 1. The monoisotopic (exact) mass is 229 g/mol. The number of urea groups is 1. The van der Waals surface area contributed by atoms with Crippen LogP contribution in [0.15, 0.2) is 18.5 Å². The van der Waals surface area contributed by atoms with Gasteiger partial charge in [-0.2, -0.15) is 13.2 Å². The molecule has 4 nitrogen and oxygen atoms in total. The summed E-state index contributed by atoms with van der Waals surface area (Å²) in [5.41, 5.74) is 0.522. The first-order valence-corrected chi connectivity index (χ1v) is 4.19. The van der Waals surface area contributed by atoms with E-state index >= 15 is 0 Å². The minimum atomic E-state index is -4.44. The maximum absolute atomic E-state index is 11.7. The summed E-state index contributed by atoms with van der Waals surface area (Å²) in [6.07, 6.45) is -1.83. The van der Waals surface area contributed by atoms with Crippen LogP contribution in [0.1, 0.15) is 0 Å². The van der Waals surface area contributed by atoms with Gasteiger partial charge in [0.2, 0.25) is 0 Å². The van der Waals surface area contributed by atoms with Crippen LogP contribution in [0.3, 0.4) is 0 Å². The molecule has 0 atom stereocenters. The normalized spacial score (nSPS) is 10.9. The molecule has 0 fully saturated rings. The molecule has 16 heavy (non-hydrogen) atoms. The van der Waals surface area contributed by atoms with Gasteiger partial charge in [0, 0.05) is 6.20 Å². The number of nitrogens with one attached hydrogen (secondary N) is 2. The summed E-state index contributed by atoms with van der Waals surface area (Å²) in [6.45, 7) is -1.39. The molecular formula is C8H7BF3N3O. The Bertz CT molecular complexity index is 383. The molecule has 0 unspecified atom stereocenters. The summed E-state index contributed by atoms with van der Waals surface area (Å²) in [5, 5.41) is 3.81. The highest BCUT2D eigenvalue weighted by atomic mass is 19.4. The predicted octanol–water partition coefficient (Wildman–Crippen LogP) is 0.559. The molecule has 0 aromatic carbocycles. The molecule has 0 aliphatic carbocycles. The van der Waals surface area contributed by atoms with Crippen LogP contribution in [0.5, 0.6) is 0 Å². The second kappa shape index (κ2) is 4.87. The van der Waals surface area contributed by atoms with Crippen LogP contribution < -0.4 is 16.1 Å². The van der Waals surface area contributed by atoms with Crippen LogP contribution in [0.2, 0.25) is 0 Å². The molecule has 0 aliphatic heterocycles. The molecule has 0 saturated carbocycles. The zero-order valence-electron chi connectivity index (χ0n) is 8.01. The first-order valence-electron chi connectivity index (χ1n) is 4.19. The number of carbonyl (C=O) groups is 1. The van der Waals surface area contributed by atoms with E-state index in [1.165, 1.54) is 18.5 Å². The van der Waals surface area contributed by atoms with Crippen molar-refractivity contribution in [3.8, 4) is 0 Å². The van der Waals surface area contributed by atoms with Crippen molar-refractivity contribution in [2.75, 3.05) is 11.9 Å². The zero-order valence-corrected chi connectivity index (χ0v) is 8.01. The van der Waals surface area contributed by atoms with Crippen LogP contribution in [-0.4, -0.2) is 31.6 Å². The number of pyridine rings is 1. The van der Waals surface area contributed by atoms with E-state index in [1.54, 1.807) is 5.32 Å². The topological polar surface area (TPSA) is 54.0 Å². The highest BCUT2D eigenvalue weighted by molar-refractivity contribution is 6.32. The smallest absolute Gasteiger partial charge is 0.329 e. The second-order valence-electron chi connectivity index (χ2n) is 2.93. The minimum Gasteiger partial charge on any atom is -0.329 e. The lowest BCUT2D eigenvalue weighted by atomic mass is 9.99. The van der Waals surface area contributed by atoms with Crippen LogP contribution >= 0.6 is 0 Å². The van der Waals surface area contributed by atoms with Crippen molar-refractivity contribution in [1.82, 2.24) is 10.3 Å². The lowest BCUT2D eigenvalue weighted by molar-refractivity contribution is -0.122. The molecule has 2 N–H and O–H groups in total. The number of hydrogen-bond acceptors (Lipinski definition) is 2. The number of aromatic nitrogens is 1. The van der Waals surface area contributed by atoms with Gasteiger partial charge in [0.1, 0.15) is 14.4 Å². The van der Waals surface area contributed by atoms with Gasteiger partial charge in [-0.25, -0.2) is 4.79 Å². The third-order valence-electron chi connectivity index (χ3n) is 1.47. The average Bonchev–Trinajstić information content (AvgIpc) is 2.14. The van der Waals surface area contributed by atoms with Gasteiger partial charge in [-0.3, -0.25) is 4.98 Å². The lowest BCUT2D eigenvalue weighted by Crippen LogP contribution is -2.36. The van der Waals surface area contributed by atoms with Gasteiger partial charge < -0.3 is 10.6 Å². The van der Waals surface area contributed by atoms with Crippen molar-refractivity contribution in [2.45, 2.75) is 6.18 Å². The van der Waals surface area contributed by atoms with Crippen molar-refractivity contribution in [3.63, 3.8) is 0 Å². The Morgan fingerprint density at radius 2 is 2.12 bits per heavy atom. The summed E-state index contributed by atoms with van der Waals surface area (Å²) in [5.74, 6) is 0. The van der Waals surface area contributed by atoms with E-state index in [4.69, 9.17) is 7.85 Å². The average molecular weight is 229 g/mol. The van der Waals surface area contributed by atoms with E-state index in [0.29, 0.717) is 5.46 Å². The van der Waals surface area contributed by atoms with Gasteiger partial charge in [-0.15, -0.1) is 0 Å². The summed E-state index contributed by atoms with van der Waals surface area (Å²) in [4.78, 5) is 14.6. The number of hydrogen-bond donors (Lipinski definition) is 2. The molecular weight excluding hydrogens is 222 g/mol. The zero-order chi connectivity index (χ0) is 12.2. The Kier molecular flexibility index (Phi) is 3.75. The molecule has 1 aromatic heterocycles. The van der Waals surface area contributed by atoms with E-state index in [1.807, 2.05) is 0 Å². The summed E-state index contributed by atoms with van der Waals surface area (Å²) >= 11 is 0. The first kappa shape index (κ1) is 12.3. The molecule has 0 bridgehead atoms. The van der Waals surface area contributed by atoms with Gasteiger partial charge in [0.25, 0.3) is 0 Å². The first-order chi connectivity index (χ1) is 7.37. The van der Waals surface area contributed by atoms with Crippen molar-refractivity contribution in [3.05, 3.63) is 18.5 Å². The van der Waals surface area contributed by atoms with Crippen molar-refractivity contribution in [2.24, 2.45) is 0 Å². The summed E-state index contributed by atoms with van der Waals surface area (Å²) < 4.78 is 35.2. The number of alkyl halides is 3. The van der Waals surface area contributed by atoms with E-state index in [9.17, 15) is 18.0 Å². The fraction of sp³-hybridized carbons (Fsp3) is 0.250. The van der Waals surface area contributed by atoms with E-state index in [0.717, 1.165) is 0 Å². The number of nitrogens with zero attached hydrogens (tertiary/aromatic N) is 1. The largest absolute Gasteiger partial charge is 0.405 e. The minimum absolute atomic E-state index is 0.222. The molecule has 0 aliphatic rings. The van der Waals surface area contributed by atoms with Crippen molar-refractivity contribution < 1.29 is 18.0 Å². The standard InChI is InChI=1S/C8H7BF3N3O/c9-5-1-6(3-13-2-5)15-7(16)14-4-8(10,11)12/h1-3H,4H2,(H2,14,15,16). The third kappa shape index (κ3) is 4.67. The molecule has 8 heteroatoms. The van der Waals surface area contributed by atoms with Gasteiger partial charge >= 0.3 is 12.2 Å². The second-order valence-corrected chi connectivity index (χ2v) is 2.93. The van der Waals surface area contributed by atoms with E-state index in [-0.39, 0.29) is 5.69 Å². The van der Waals surface area contributed by atoms with E-state index in [2.05, 4.69) is 10.3 Å². The molecule has 1 rings (SSSR count). The molecule has 1 aromatic rings. The van der Waals surface area contributed by atoms with E-state index < -0.39 is 18.8 Å². The fourth-order valence-corrected chi connectivity index (χ4v) is 0.882. The maximum Gasteiger partial charge on any atom is 0.405 e. The van der Waals surface area contributed by atoms with Crippen LogP contribution in [0.25, 0.3) is 0 Å². The van der Waals surface area contributed by atoms with Gasteiger partial charge in [-0.05, 0) is 6.07 Å². The van der Waals surface area contributed by atoms with Crippen LogP contribution in [0, 0.1) is 0 Å². The Labute approximate surface area is 90.7 Å². The number of rotatable bonds is 2. The number of halogens is 3. The fourth-order valence-electron chi connectivity index (χ4n) is 0.882. The lowest BCUT2D eigenvalue weighted by Gasteiger charge is -2.09. The number of amides is 2. The summed E-state index contributed by atoms with van der Waals surface area (Å²) in [7, 11) is 5.36. The SMILES string of the molecule is [B]c1cncc(NC(=O)NCC(F)(F)F)c1. The van der Waals surface area contributed by atoms with Crippen molar-refractivity contribution in [1.29, 1.82) is 0 Å². The van der Waals surface area contributed by atoms with Crippen molar-refractivity contribution >= 4 is 25.0 Å². The molecule has 84 valence electrons. The third-order valence-corrected chi connectivity index (χ3v) is 1.47. The van der Waals surface area contributed by atoms with Gasteiger partial charge in [0.15, 0.2) is 0 Å². The molecule has 0 saturated heterocycles. The molecule has 1 heterocycles. The van der Waals surface area contributed by atoms with Gasteiger partial charge in [0.05, 0.1) is 11.9 Å². The molecule has 0 spiro atoms. The maximum atomic E-state index is 11.7. The Balaban J connectivity index is 2.46. The molecule has 2 radical (unpaired) electrons. The number of carbonyl (C=O) groups excluding carboxylic acids is 1. The Hall–Kier alpha value is -1.73. The van der Waals surface area contributed by atoms with Crippen LogP contribution in [0.4, 0.5) is 23.7 Å². The Morgan fingerprint density at radius 3 is 2.69 bits per heavy atom. The van der Waals surface area contributed by atoms with Gasteiger partial charge in [-0.1, -0.05) is 5.46 Å². The summed E-state index contributed by atoms with van der Waals surface area (Å²) in [6, 6.07) is 0.407. The van der Waals surface area contributed by atoms with Crippen LogP contribution in [-0.2, 0) is 0 Å². The molecule has 2 amide bonds. The highest BCUT2D eigenvalue weighted by Gasteiger charge is 2.27. The Morgan fingerprint density at radius 1 is 1.44 bits per heavy atom. The highest BCUT2D eigenvalue weighted by Crippen LogP contribution is 2.12. The predicted molar refractivity (Wildman–Crippen MR) is 52.7 cm³/mol. The quantitative estimate of drug-likeness (QED) is 0.728.